The number of carboxylic acid groups (broad SMARTS) is 1. The molecule has 4 heterocycles. The van der Waals surface area contributed by atoms with Gasteiger partial charge in [0, 0.05) is 0 Å². The first-order chi connectivity index (χ1) is 15.3. The summed E-state index contributed by atoms with van der Waals surface area (Å²) in [5.74, 6) is -1.29. The average Bonchev–Trinajstić information content (AvgIpc) is 3.55. The number of thiophene rings is 1. The summed E-state index contributed by atoms with van der Waals surface area (Å²) in [6.07, 6.45) is 0. The van der Waals surface area contributed by atoms with Crippen molar-refractivity contribution in [3.63, 3.8) is 0 Å². The summed E-state index contributed by atoms with van der Waals surface area (Å²) in [5, 5.41) is 23.5. The first-order valence-corrected chi connectivity index (χ1v) is 13.2. The van der Waals surface area contributed by atoms with Crippen molar-refractivity contribution in [3.05, 3.63) is 49.7 Å². The zero-order chi connectivity index (χ0) is 23.9. The van der Waals surface area contributed by atoms with Crippen LogP contribution in [0.2, 0.25) is 0 Å². The molecule has 0 unspecified atom stereocenters. The third-order valence-corrected chi connectivity index (χ3v) is 7.52. The van der Waals surface area contributed by atoms with E-state index in [1.165, 1.54) is 13.7 Å². The van der Waals surface area contributed by atoms with Crippen LogP contribution in [-0.4, -0.2) is 80.3 Å². The molecule has 0 aliphatic heterocycles. The molecule has 0 atom stereocenters. The van der Waals surface area contributed by atoms with Crippen molar-refractivity contribution in [1.29, 1.82) is 0 Å². The fraction of sp³-hybridized carbons (Fsp3) is 0.294. The van der Waals surface area contributed by atoms with Crippen LogP contribution in [0.25, 0.3) is 0 Å². The van der Waals surface area contributed by atoms with E-state index in [9.17, 15) is 9.59 Å². The Kier molecular flexibility index (Phi) is 14.2. The standard InChI is InChI=1S/C6H8N2O2S.C4H4N2O2S.C4H4S.C3H3N2S.Na/c1-3-10-6(9)5-4(2)7-8-11-5;1-2-3(4(7)8)9-6-5-2;1-2-4-5-3-1;1-3-2-6-5-4-3;/h3H2,1-2H3;1H3,(H,7,8);1-4H;1H3;. The number of aromatic carboxylic acids is 1. The minimum Gasteiger partial charge on any atom is -0.477 e. The van der Waals surface area contributed by atoms with Gasteiger partial charge in [-0.25, -0.2) is 9.59 Å². The van der Waals surface area contributed by atoms with Gasteiger partial charge in [-0.3, -0.25) is 0 Å². The van der Waals surface area contributed by atoms with Gasteiger partial charge in [0.05, 0.1) is 18.0 Å². The van der Waals surface area contributed by atoms with E-state index in [2.05, 4.69) is 28.8 Å². The molecule has 166 valence electrons. The zero-order valence-corrected chi connectivity index (χ0v) is 23.3. The van der Waals surface area contributed by atoms with Crippen LogP contribution >= 0.6 is 45.9 Å². The Morgan fingerprint density at radius 1 is 0.906 bits per heavy atom. The third-order valence-electron chi connectivity index (χ3n) is 3.26. The number of carbonyl (C=O) groups excluding carboxylic acids is 1. The smallest absolute Gasteiger partial charge is 0.349 e. The van der Waals surface area contributed by atoms with E-state index in [4.69, 9.17) is 9.84 Å². The van der Waals surface area contributed by atoms with Gasteiger partial charge in [0.15, 0.2) is 9.75 Å². The number of hydrogen-bond acceptors (Lipinski definition) is 13. The summed E-state index contributed by atoms with van der Waals surface area (Å²) >= 11 is 6.27. The molecule has 0 saturated carbocycles. The van der Waals surface area contributed by atoms with Crippen LogP contribution in [0.15, 0.2) is 22.9 Å². The number of carboxylic acids is 1. The molecule has 0 amide bonds. The Morgan fingerprint density at radius 3 is 1.66 bits per heavy atom. The number of aromatic nitrogens is 6. The van der Waals surface area contributed by atoms with Gasteiger partial charge in [0.2, 0.25) is 0 Å². The Labute approximate surface area is 218 Å². The van der Waals surface area contributed by atoms with Crippen molar-refractivity contribution in [2.75, 3.05) is 6.61 Å². The predicted molar refractivity (Wildman–Crippen MR) is 127 cm³/mol. The Hall–Kier alpha value is -1.68. The Bertz CT molecular complexity index is 1030. The van der Waals surface area contributed by atoms with Crippen LogP contribution in [-0.2, 0) is 4.74 Å². The second kappa shape index (κ2) is 16.0. The van der Waals surface area contributed by atoms with Gasteiger partial charge < -0.3 is 9.84 Å². The van der Waals surface area contributed by atoms with Crippen LogP contribution in [0.4, 0.5) is 0 Å². The largest absolute Gasteiger partial charge is 0.477 e. The molecule has 1 N–H and O–H groups in total. The van der Waals surface area contributed by atoms with Crippen molar-refractivity contribution < 1.29 is 19.4 Å². The van der Waals surface area contributed by atoms with E-state index >= 15 is 0 Å². The maximum absolute atomic E-state index is 11.0. The summed E-state index contributed by atoms with van der Waals surface area (Å²) in [5.41, 5.74) is 2.22. The molecule has 32 heavy (non-hydrogen) atoms. The second-order valence-electron chi connectivity index (χ2n) is 5.61. The topological polar surface area (TPSA) is 141 Å². The summed E-state index contributed by atoms with van der Waals surface area (Å²) in [6.45, 7) is 7.49. The molecule has 0 aromatic carbocycles. The number of aryl methyl sites for hydroxylation is 3. The Morgan fingerprint density at radius 2 is 1.41 bits per heavy atom. The minimum absolute atomic E-state index is 0.218. The van der Waals surface area contributed by atoms with Gasteiger partial charge >= 0.3 is 75.7 Å². The summed E-state index contributed by atoms with van der Waals surface area (Å²) in [7, 11) is 0. The second-order valence-corrected chi connectivity index (χ2v) is 10.6. The predicted octanol–water partition coefficient (Wildman–Crippen LogP) is 2.96. The van der Waals surface area contributed by atoms with Crippen molar-refractivity contribution in [2.45, 2.75) is 27.7 Å². The van der Waals surface area contributed by atoms with E-state index in [0.29, 0.717) is 22.9 Å². The monoisotopic (exact) mass is 522 g/mol. The summed E-state index contributed by atoms with van der Waals surface area (Å²) in [6, 6.07) is 4.04. The van der Waals surface area contributed by atoms with E-state index in [0.717, 1.165) is 56.7 Å². The van der Waals surface area contributed by atoms with Crippen LogP contribution in [0.5, 0.6) is 0 Å². The van der Waals surface area contributed by atoms with Crippen molar-refractivity contribution in [1.82, 2.24) is 28.8 Å². The molecule has 0 radical (unpaired) electrons. The summed E-state index contributed by atoms with van der Waals surface area (Å²) < 4.78 is 16.9. The van der Waals surface area contributed by atoms with E-state index in [1.54, 1.807) is 32.1 Å². The van der Waals surface area contributed by atoms with Crippen LogP contribution in [0.1, 0.15) is 43.3 Å². The molecule has 0 aliphatic carbocycles. The molecule has 4 rings (SSSR count). The molecule has 0 spiro atoms. The van der Waals surface area contributed by atoms with E-state index < -0.39 is 5.97 Å². The quantitative estimate of drug-likeness (QED) is 0.315. The fourth-order valence-corrected chi connectivity index (χ4v) is 3.85. The zero-order valence-electron chi connectivity index (χ0n) is 18.0. The van der Waals surface area contributed by atoms with E-state index in [-0.39, 0.29) is 10.8 Å². The first kappa shape index (κ1) is 28.4. The molecule has 0 bridgehead atoms. The summed E-state index contributed by atoms with van der Waals surface area (Å²) in [4.78, 5) is 22.0. The van der Waals surface area contributed by atoms with Crippen molar-refractivity contribution in [2.24, 2.45) is 0 Å². The molecule has 0 aliphatic rings. The number of carbonyl (C=O) groups is 2. The number of ether oxygens (including phenoxy) is 1. The van der Waals surface area contributed by atoms with Gasteiger partial charge in [-0.15, -0.1) is 10.2 Å². The normalized spacial score (nSPS) is 9.31. The molecule has 4 aromatic heterocycles. The third kappa shape index (κ3) is 10.8. The van der Waals surface area contributed by atoms with Gasteiger partial charge in [-0.05, 0) is 54.6 Å². The van der Waals surface area contributed by atoms with Gasteiger partial charge in [0.1, 0.15) is 0 Å². The van der Waals surface area contributed by atoms with E-state index in [1.807, 2.05) is 29.8 Å². The molecule has 15 heteroatoms. The molecular formula is C17H19N6NaO4S4. The van der Waals surface area contributed by atoms with Crippen LogP contribution < -0.4 is 2.13 Å². The van der Waals surface area contributed by atoms with Crippen molar-refractivity contribution in [3.8, 4) is 0 Å². The average molecular weight is 523 g/mol. The molecular weight excluding hydrogens is 503 g/mol. The molecule has 0 fully saturated rings. The number of nitrogens with zero attached hydrogens (tertiary/aromatic N) is 6. The molecule has 0 saturated heterocycles. The number of hydrogen-bond donors (Lipinski definition) is 1. The number of esters is 1. The minimum atomic E-state index is -0.956. The first-order valence-electron chi connectivity index (χ1n) is 8.98. The molecule has 10 nitrogen and oxygen atoms in total. The SMILES string of the molecule is CCOC(=O)c1snnc1C.Cc1nns[c]1[Na].Cc1nnsc1C(=O)O.c1ccsc1. The maximum Gasteiger partial charge on any atom is 0.349 e. The van der Waals surface area contributed by atoms with Crippen LogP contribution in [0.3, 0.4) is 0 Å². The van der Waals surface area contributed by atoms with Gasteiger partial charge in [-0.1, -0.05) is 21.1 Å². The van der Waals surface area contributed by atoms with Crippen LogP contribution in [0, 0.1) is 20.8 Å². The van der Waals surface area contributed by atoms with Crippen molar-refractivity contribution >= 4 is 87.9 Å². The molecule has 4 aromatic rings. The fourth-order valence-electron chi connectivity index (χ4n) is 1.55. The number of rotatable bonds is 3. The van der Waals surface area contributed by atoms with Gasteiger partial charge in [-0.2, -0.15) is 11.3 Å². The van der Waals surface area contributed by atoms with Gasteiger partial charge in [0.25, 0.3) is 0 Å². The maximum atomic E-state index is 11.0. The Balaban J connectivity index is 0.000000221.